The highest BCUT2D eigenvalue weighted by Gasteiger charge is 1.93. The van der Waals surface area contributed by atoms with Crippen molar-refractivity contribution in [2.45, 2.75) is 20.3 Å². The zero-order chi connectivity index (χ0) is 10.1. The third-order valence-electron chi connectivity index (χ3n) is 1.49. The minimum absolute atomic E-state index is 0.840. The molecule has 0 unspecified atom stereocenters. The van der Waals surface area contributed by atoms with E-state index in [1.165, 1.54) is 5.56 Å². The zero-order valence-electron chi connectivity index (χ0n) is 8.50. The SMILES string of the molecule is CC.CNC(=S)Cc1ccccc1. The Morgan fingerprint density at radius 2 is 1.77 bits per heavy atom. The molecule has 0 aliphatic carbocycles. The van der Waals surface area contributed by atoms with Gasteiger partial charge in [-0.05, 0) is 5.56 Å². The molecule has 0 radical (unpaired) electrons. The van der Waals surface area contributed by atoms with Crippen molar-refractivity contribution >= 4 is 17.2 Å². The molecule has 1 aromatic rings. The van der Waals surface area contributed by atoms with Crippen molar-refractivity contribution in [3.8, 4) is 0 Å². The van der Waals surface area contributed by atoms with Gasteiger partial charge in [-0.3, -0.25) is 0 Å². The van der Waals surface area contributed by atoms with Crippen molar-refractivity contribution in [3.05, 3.63) is 35.9 Å². The highest BCUT2D eigenvalue weighted by molar-refractivity contribution is 7.80. The van der Waals surface area contributed by atoms with E-state index in [1.807, 2.05) is 39.1 Å². The van der Waals surface area contributed by atoms with Gasteiger partial charge < -0.3 is 5.32 Å². The monoisotopic (exact) mass is 195 g/mol. The fourth-order valence-electron chi connectivity index (χ4n) is 0.870. The first-order valence-electron chi connectivity index (χ1n) is 4.57. The van der Waals surface area contributed by atoms with Crippen molar-refractivity contribution in [1.82, 2.24) is 5.32 Å². The van der Waals surface area contributed by atoms with Crippen LogP contribution in [-0.2, 0) is 6.42 Å². The lowest BCUT2D eigenvalue weighted by atomic mass is 10.1. The summed E-state index contributed by atoms with van der Waals surface area (Å²) in [4.78, 5) is 0.885. The molecule has 0 saturated heterocycles. The van der Waals surface area contributed by atoms with Gasteiger partial charge in [-0.1, -0.05) is 56.4 Å². The molecule has 1 N–H and O–H groups in total. The van der Waals surface area contributed by atoms with Crippen LogP contribution in [0.1, 0.15) is 19.4 Å². The number of rotatable bonds is 2. The second kappa shape index (κ2) is 7.74. The van der Waals surface area contributed by atoms with E-state index >= 15 is 0 Å². The predicted octanol–water partition coefficient (Wildman–Crippen LogP) is 2.80. The summed E-state index contributed by atoms with van der Waals surface area (Å²) in [6, 6.07) is 10.2. The maximum atomic E-state index is 5.03. The van der Waals surface area contributed by atoms with E-state index in [1.54, 1.807) is 0 Å². The molecule has 1 nitrogen and oxygen atoms in total. The van der Waals surface area contributed by atoms with Gasteiger partial charge in [0.2, 0.25) is 0 Å². The van der Waals surface area contributed by atoms with Gasteiger partial charge in [0, 0.05) is 13.5 Å². The zero-order valence-corrected chi connectivity index (χ0v) is 9.32. The van der Waals surface area contributed by atoms with Crippen LogP contribution in [0.25, 0.3) is 0 Å². The highest BCUT2D eigenvalue weighted by Crippen LogP contribution is 1.99. The molecule has 0 atom stereocenters. The molecular formula is C11H17NS. The van der Waals surface area contributed by atoms with Crippen molar-refractivity contribution < 1.29 is 0 Å². The third-order valence-corrected chi connectivity index (χ3v) is 1.83. The van der Waals surface area contributed by atoms with Crippen molar-refractivity contribution in [2.75, 3.05) is 7.05 Å². The maximum absolute atomic E-state index is 5.03. The first-order chi connectivity index (χ1) is 6.33. The Morgan fingerprint density at radius 3 is 2.23 bits per heavy atom. The summed E-state index contributed by atoms with van der Waals surface area (Å²) >= 11 is 5.03. The first-order valence-corrected chi connectivity index (χ1v) is 4.98. The molecule has 0 aliphatic rings. The van der Waals surface area contributed by atoms with E-state index in [-0.39, 0.29) is 0 Å². The molecule has 0 amide bonds. The molecule has 13 heavy (non-hydrogen) atoms. The molecule has 0 aliphatic heterocycles. The lowest BCUT2D eigenvalue weighted by Crippen LogP contribution is -2.17. The van der Waals surface area contributed by atoms with Crippen LogP contribution in [0.5, 0.6) is 0 Å². The van der Waals surface area contributed by atoms with Crippen LogP contribution >= 0.6 is 12.2 Å². The highest BCUT2D eigenvalue weighted by atomic mass is 32.1. The van der Waals surface area contributed by atoms with Crippen LogP contribution in [0, 0.1) is 0 Å². The van der Waals surface area contributed by atoms with E-state index in [4.69, 9.17) is 12.2 Å². The average Bonchev–Trinajstić information content (AvgIpc) is 2.22. The van der Waals surface area contributed by atoms with Gasteiger partial charge in [0.25, 0.3) is 0 Å². The molecule has 0 aromatic heterocycles. The Morgan fingerprint density at radius 1 is 1.23 bits per heavy atom. The van der Waals surface area contributed by atoms with Crippen molar-refractivity contribution in [3.63, 3.8) is 0 Å². The van der Waals surface area contributed by atoms with Crippen molar-refractivity contribution in [1.29, 1.82) is 0 Å². The van der Waals surface area contributed by atoms with Crippen LogP contribution in [0.4, 0.5) is 0 Å². The Balaban J connectivity index is 0.000000671. The van der Waals surface area contributed by atoms with Gasteiger partial charge >= 0.3 is 0 Å². The number of benzene rings is 1. The molecule has 0 saturated carbocycles. The van der Waals surface area contributed by atoms with Gasteiger partial charge in [0.15, 0.2) is 0 Å². The molecule has 0 fully saturated rings. The second-order valence-corrected chi connectivity index (χ2v) is 2.83. The molecule has 1 rings (SSSR count). The third kappa shape index (κ3) is 5.36. The summed E-state index contributed by atoms with van der Waals surface area (Å²) in [5.41, 5.74) is 1.26. The van der Waals surface area contributed by atoms with Gasteiger partial charge in [-0.25, -0.2) is 0 Å². The number of thiocarbonyl (C=S) groups is 1. The van der Waals surface area contributed by atoms with Crippen LogP contribution in [-0.4, -0.2) is 12.0 Å². The van der Waals surface area contributed by atoms with E-state index in [0.717, 1.165) is 11.4 Å². The van der Waals surface area contributed by atoms with Crippen LogP contribution < -0.4 is 5.32 Å². The Bertz CT molecular complexity index is 231. The number of hydrogen-bond donors (Lipinski definition) is 1. The van der Waals surface area contributed by atoms with E-state index in [2.05, 4.69) is 17.4 Å². The summed E-state index contributed by atoms with van der Waals surface area (Å²) in [5.74, 6) is 0. The minimum Gasteiger partial charge on any atom is -0.382 e. The predicted molar refractivity (Wildman–Crippen MR) is 63.2 cm³/mol. The fraction of sp³-hybridized carbons (Fsp3) is 0.364. The minimum atomic E-state index is 0.840. The molecule has 1 aromatic carbocycles. The van der Waals surface area contributed by atoms with Crippen molar-refractivity contribution in [2.24, 2.45) is 0 Å². The molecular weight excluding hydrogens is 178 g/mol. The first kappa shape index (κ1) is 12.1. The summed E-state index contributed by atoms with van der Waals surface area (Å²) in [6.07, 6.45) is 0.840. The summed E-state index contributed by atoms with van der Waals surface area (Å²) in [6.45, 7) is 4.00. The smallest absolute Gasteiger partial charge is 0.0795 e. The molecule has 0 spiro atoms. The largest absolute Gasteiger partial charge is 0.382 e. The maximum Gasteiger partial charge on any atom is 0.0795 e. The number of nitrogens with one attached hydrogen (secondary N) is 1. The molecule has 2 heteroatoms. The normalized spacial score (nSPS) is 8.23. The van der Waals surface area contributed by atoms with E-state index in [0.29, 0.717) is 0 Å². The van der Waals surface area contributed by atoms with Crippen LogP contribution in [0.15, 0.2) is 30.3 Å². The quantitative estimate of drug-likeness (QED) is 0.728. The molecule has 72 valence electrons. The Kier molecular flexibility index (Phi) is 7.21. The number of likely N-dealkylation sites (N-methyl/N-ethyl adjacent to an activating group) is 1. The summed E-state index contributed by atoms with van der Waals surface area (Å²) < 4.78 is 0. The lowest BCUT2D eigenvalue weighted by Gasteiger charge is -2.01. The van der Waals surface area contributed by atoms with E-state index < -0.39 is 0 Å². The Hall–Kier alpha value is -0.890. The Labute approximate surface area is 86.2 Å². The van der Waals surface area contributed by atoms with Gasteiger partial charge in [0.1, 0.15) is 0 Å². The number of hydrogen-bond acceptors (Lipinski definition) is 1. The van der Waals surface area contributed by atoms with Gasteiger partial charge in [-0.2, -0.15) is 0 Å². The lowest BCUT2D eigenvalue weighted by molar-refractivity contribution is 1.14. The standard InChI is InChI=1S/C9H11NS.C2H6/c1-10-9(11)7-8-5-3-2-4-6-8;1-2/h2-6H,7H2,1H3,(H,10,11);1-2H3. The summed E-state index contributed by atoms with van der Waals surface area (Å²) in [5, 5.41) is 2.94. The van der Waals surface area contributed by atoms with Crippen LogP contribution in [0.2, 0.25) is 0 Å². The van der Waals surface area contributed by atoms with Gasteiger partial charge in [0.05, 0.1) is 4.99 Å². The molecule has 0 heterocycles. The average molecular weight is 195 g/mol. The second-order valence-electron chi connectivity index (χ2n) is 2.34. The fourth-order valence-corrected chi connectivity index (χ4v) is 1.04. The van der Waals surface area contributed by atoms with Gasteiger partial charge in [-0.15, -0.1) is 0 Å². The van der Waals surface area contributed by atoms with Crippen LogP contribution in [0.3, 0.4) is 0 Å². The summed E-state index contributed by atoms with van der Waals surface area (Å²) in [7, 11) is 1.85. The van der Waals surface area contributed by atoms with E-state index in [9.17, 15) is 0 Å². The molecule has 0 bridgehead atoms. The topological polar surface area (TPSA) is 12.0 Å².